The smallest absolute Gasteiger partial charge is 0.191 e. The molecule has 0 aromatic heterocycles. The van der Waals surface area contributed by atoms with Crippen LogP contribution in [-0.2, 0) is 5.41 Å². The number of halogens is 1. The standard InChI is InChI=1S/C16H22ClN3/c1-11-8-14(11)20-15(18-2)19-10-16(6-7-16)12-4-3-5-13(17)9-12/h3-5,9,11,14H,6-8,10H2,1-2H3,(H2,18,19,20). The SMILES string of the molecule is CN=C(NCC1(c2cccc(Cl)c2)CC1)NC1CC1C. The van der Waals surface area contributed by atoms with Crippen molar-refractivity contribution in [1.29, 1.82) is 0 Å². The minimum absolute atomic E-state index is 0.248. The van der Waals surface area contributed by atoms with Gasteiger partial charge in [-0.3, -0.25) is 4.99 Å². The second kappa shape index (κ2) is 5.28. The third-order valence-electron chi connectivity index (χ3n) is 4.54. The van der Waals surface area contributed by atoms with Crippen LogP contribution in [0.15, 0.2) is 29.3 Å². The molecule has 1 aromatic rings. The first-order chi connectivity index (χ1) is 9.63. The molecular formula is C16H22ClN3. The third-order valence-corrected chi connectivity index (χ3v) is 4.78. The molecule has 2 saturated carbocycles. The zero-order chi connectivity index (χ0) is 14.2. The fourth-order valence-electron chi connectivity index (χ4n) is 2.68. The summed E-state index contributed by atoms with van der Waals surface area (Å²) in [5, 5.41) is 7.77. The second-order valence-corrected chi connectivity index (χ2v) is 6.62. The van der Waals surface area contributed by atoms with E-state index in [4.69, 9.17) is 11.6 Å². The van der Waals surface area contributed by atoms with E-state index in [0.29, 0.717) is 6.04 Å². The van der Waals surface area contributed by atoms with E-state index in [-0.39, 0.29) is 5.41 Å². The molecule has 2 atom stereocenters. The molecule has 0 radical (unpaired) electrons. The minimum atomic E-state index is 0.248. The number of hydrogen-bond donors (Lipinski definition) is 2. The lowest BCUT2D eigenvalue weighted by Gasteiger charge is -2.19. The van der Waals surface area contributed by atoms with Crippen LogP contribution in [-0.4, -0.2) is 25.6 Å². The molecule has 108 valence electrons. The number of hydrogen-bond acceptors (Lipinski definition) is 1. The molecule has 0 amide bonds. The molecule has 2 aliphatic carbocycles. The third kappa shape index (κ3) is 2.93. The fourth-order valence-corrected chi connectivity index (χ4v) is 2.87. The summed E-state index contributed by atoms with van der Waals surface area (Å²) in [5.74, 6) is 1.70. The highest BCUT2D eigenvalue weighted by Crippen LogP contribution is 2.48. The summed E-state index contributed by atoms with van der Waals surface area (Å²) in [7, 11) is 1.83. The predicted molar refractivity (Wildman–Crippen MR) is 84.4 cm³/mol. The zero-order valence-electron chi connectivity index (χ0n) is 12.1. The molecule has 2 fully saturated rings. The monoisotopic (exact) mass is 291 g/mol. The number of rotatable bonds is 4. The highest BCUT2D eigenvalue weighted by Gasteiger charge is 2.44. The van der Waals surface area contributed by atoms with Crippen LogP contribution in [0.5, 0.6) is 0 Å². The van der Waals surface area contributed by atoms with Crippen LogP contribution in [0.3, 0.4) is 0 Å². The minimum Gasteiger partial charge on any atom is -0.356 e. The molecule has 3 rings (SSSR count). The molecule has 2 N–H and O–H groups in total. The van der Waals surface area contributed by atoms with Crippen molar-refractivity contribution < 1.29 is 0 Å². The van der Waals surface area contributed by atoms with Crippen LogP contribution < -0.4 is 10.6 Å². The van der Waals surface area contributed by atoms with Crippen molar-refractivity contribution in [2.75, 3.05) is 13.6 Å². The predicted octanol–water partition coefficient (Wildman–Crippen LogP) is 2.95. The number of aliphatic imine (C=N–C) groups is 1. The molecular weight excluding hydrogens is 270 g/mol. The number of benzene rings is 1. The summed E-state index contributed by atoms with van der Waals surface area (Å²) in [6.45, 7) is 3.19. The van der Waals surface area contributed by atoms with Crippen LogP contribution in [0.2, 0.25) is 5.02 Å². The summed E-state index contributed by atoms with van der Waals surface area (Å²) in [6.07, 6.45) is 3.69. The van der Waals surface area contributed by atoms with E-state index in [0.717, 1.165) is 23.4 Å². The quantitative estimate of drug-likeness (QED) is 0.661. The van der Waals surface area contributed by atoms with E-state index >= 15 is 0 Å². The van der Waals surface area contributed by atoms with Crippen LogP contribution >= 0.6 is 11.6 Å². The summed E-state index contributed by atoms with van der Waals surface area (Å²) in [5.41, 5.74) is 1.59. The average Bonchev–Trinajstić information content (AvgIpc) is 3.34. The van der Waals surface area contributed by atoms with E-state index in [2.05, 4.69) is 34.7 Å². The lowest BCUT2D eigenvalue weighted by Crippen LogP contribution is -2.42. The van der Waals surface area contributed by atoms with Crippen molar-refractivity contribution in [2.24, 2.45) is 10.9 Å². The first-order valence-electron chi connectivity index (χ1n) is 7.36. The Kier molecular flexibility index (Phi) is 3.63. The van der Waals surface area contributed by atoms with Crippen molar-refractivity contribution >= 4 is 17.6 Å². The van der Waals surface area contributed by atoms with Crippen molar-refractivity contribution in [3.05, 3.63) is 34.9 Å². The number of nitrogens with one attached hydrogen (secondary N) is 2. The van der Waals surface area contributed by atoms with Crippen LogP contribution in [0.25, 0.3) is 0 Å². The molecule has 1 aromatic carbocycles. The van der Waals surface area contributed by atoms with Gasteiger partial charge in [0.2, 0.25) is 0 Å². The maximum absolute atomic E-state index is 6.11. The van der Waals surface area contributed by atoms with Crippen molar-refractivity contribution in [2.45, 2.75) is 37.6 Å². The number of nitrogens with zero attached hydrogens (tertiary/aromatic N) is 1. The molecule has 2 unspecified atom stereocenters. The maximum Gasteiger partial charge on any atom is 0.191 e. The van der Waals surface area contributed by atoms with Crippen molar-refractivity contribution in [3.8, 4) is 0 Å². The summed E-state index contributed by atoms with van der Waals surface area (Å²) in [6, 6.07) is 8.84. The van der Waals surface area contributed by atoms with Crippen LogP contribution in [0.1, 0.15) is 31.7 Å². The van der Waals surface area contributed by atoms with Gasteiger partial charge in [-0.1, -0.05) is 30.7 Å². The Morgan fingerprint density at radius 3 is 2.75 bits per heavy atom. The molecule has 2 aliphatic rings. The van der Waals surface area contributed by atoms with Gasteiger partial charge in [-0.2, -0.15) is 0 Å². The van der Waals surface area contributed by atoms with Crippen molar-refractivity contribution in [3.63, 3.8) is 0 Å². The van der Waals surface area contributed by atoms with Gasteiger partial charge < -0.3 is 10.6 Å². The Labute approximate surface area is 125 Å². The first-order valence-corrected chi connectivity index (χ1v) is 7.74. The van der Waals surface area contributed by atoms with E-state index in [1.165, 1.54) is 24.8 Å². The highest BCUT2D eigenvalue weighted by atomic mass is 35.5. The Bertz CT molecular complexity index is 522. The van der Waals surface area contributed by atoms with E-state index < -0.39 is 0 Å². The summed E-state index contributed by atoms with van der Waals surface area (Å²) in [4.78, 5) is 4.31. The van der Waals surface area contributed by atoms with Gasteiger partial charge in [0, 0.05) is 30.1 Å². The largest absolute Gasteiger partial charge is 0.356 e. The summed E-state index contributed by atoms with van der Waals surface area (Å²) < 4.78 is 0. The van der Waals surface area contributed by atoms with Gasteiger partial charge in [-0.05, 0) is 42.9 Å². The Balaban J connectivity index is 1.59. The molecule has 20 heavy (non-hydrogen) atoms. The fraction of sp³-hybridized carbons (Fsp3) is 0.562. The highest BCUT2D eigenvalue weighted by molar-refractivity contribution is 6.30. The van der Waals surface area contributed by atoms with Gasteiger partial charge >= 0.3 is 0 Å². The molecule has 4 heteroatoms. The number of guanidine groups is 1. The first kappa shape index (κ1) is 13.7. The van der Waals surface area contributed by atoms with Crippen LogP contribution in [0.4, 0.5) is 0 Å². The maximum atomic E-state index is 6.11. The topological polar surface area (TPSA) is 36.4 Å². The zero-order valence-corrected chi connectivity index (χ0v) is 12.9. The van der Waals surface area contributed by atoms with Gasteiger partial charge in [0.15, 0.2) is 5.96 Å². The Morgan fingerprint density at radius 2 is 2.20 bits per heavy atom. The van der Waals surface area contributed by atoms with Crippen molar-refractivity contribution in [1.82, 2.24) is 10.6 Å². The van der Waals surface area contributed by atoms with E-state index in [1.54, 1.807) is 0 Å². The van der Waals surface area contributed by atoms with E-state index in [1.807, 2.05) is 19.2 Å². The molecule has 0 bridgehead atoms. The Morgan fingerprint density at radius 1 is 1.45 bits per heavy atom. The molecule has 0 aliphatic heterocycles. The lowest BCUT2D eigenvalue weighted by atomic mass is 9.96. The molecule has 0 saturated heterocycles. The molecule has 3 nitrogen and oxygen atoms in total. The van der Waals surface area contributed by atoms with Gasteiger partial charge in [0.05, 0.1) is 0 Å². The van der Waals surface area contributed by atoms with Gasteiger partial charge in [0.1, 0.15) is 0 Å². The molecule has 0 heterocycles. The second-order valence-electron chi connectivity index (χ2n) is 6.18. The average molecular weight is 292 g/mol. The van der Waals surface area contributed by atoms with E-state index in [9.17, 15) is 0 Å². The van der Waals surface area contributed by atoms with Gasteiger partial charge in [0.25, 0.3) is 0 Å². The van der Waals surface area contributed by atoms with Gasteiger partial charge in [-0.25, -0.2) is 0 Å². The van der Waals surface area contributed by atoms with Crippen LogP contribution in [0, 0.1) is 5.92 Å². The Hall–Kier alpha value is -1.22. The lowest BCUT2D eigenvalue weighted by molar-refractivity contribution is 0.642. The van der Waals surface area contributed by atoms with Gasteiger partial charge in [-0.15, -0.1) is 0 Å². The normalized spacial score (nSPS) is 27.1. The summed E-state index contributed by atoms with van der Waals surface area (Å²) >= 11 is 6.11. The molecule has 0 spiro atoms.